The van der Waals surface area contributed by atoms with E-state index >= 15 is 0 Å². The summed E-state index contributed by atoms with van der Waals surface area (Å²) in [6.07, 6.45) is -4.81. The molecule has 0 aliphatic carbocycles. The van der Waals surface area contributed by atoms with Gasteiger partial charge in [0.15, 0.2) is 0 Å². The fourth-order valence-corrected chi connectivity index (χ4v) is 3.80. The predicted octanol–water partition coefficient (Wildman–Crippen LogP) is 5.29. The lowest BCUT2D eigenvalue weighted by Crippen LogP contribution is -2.17. The number of anilines is 2. The Morgan fingerprint density at radius 2 is 1.52 bits per heavy atom. The molecule has 0 bridgehead atoms. The van der Waals surface area contributed by atoms with Gasteiger partial charge in [-0.2, -0.15) is 0 Å². The Hall–Kier alpha value is -3.24. The van der Waals surface area contributed by atoms with Crippen molar-refractivity contribution in [2.75, 3.05) is 10.0 Å². The smallest absolute Gasteiger partial charge is 0.406 e. The van der Waals surface area contributed by atoms with Crippen molar-refractivity contribution in [1.82, 2.24) is 0 Å². The monoisotopic (exact) mass is 470 g/mol. The summed E-state index contributed by atoms with van der Waals surface area (Å²) in [7, 11) is -3.93. The second-order valence-corrected chi connectivity index (χ2v) is 8.23. The number of ether oxygens (including phenoxy) is 1. The minimum atomic E-state index is -4.81. The molecule has 0 spiro atoms. The summed E-state index contributed by atoms with van der Waals surface area (Å²) < 4.78 is 67.7. The summed E-state index contributed by atoms with van der Waals surface area (Å²) in [4.78, 5) is 12.2. The molecule has 0 atom stereocenters. The van der Waals surface area contributed by atoms with Crippen LogP contribution in [0.5, 0.6) is 5.75 Å². The first-order valence-corrected chi connectivity index (χ1v) is 10.4. The number of hydrogen-bond donors (Lipinski definition) is 2. The fourth-order valence-electron chi connectivity index (χ4n) is 2.48. The quantitative estimate of drug-likeness (QED) is 0.512. The Labute approximate surface area is 180 Å². The van der Waals surface area contributed by atoms with Gasteiger partial charge in [0.2, 0.25) is 0 Å². The van der Waals surface area contributed by atoms with E-state index in [0.29, 0.717) is 0 Å². The van der Waals surface area contributed by atoms with Gasteiger partial charge in [0, 0.05) is 11.3 Å². The topological polar surface area (TPSA) is 84.5 Å². The minimum Gasteiger partial charge on any atom is -0.406 e. The Morgan fingerprint density at radius 3 is 2.10 bits per heavy atom. The van der Waals surface area contributed by atoms with Gasteiger partial charge in [0.05, 0.1) is 15.6 Å². The van der Waals surface area contributed by atoms with Crippen LogP contribution < -0.4 is 14.8 Å². The normalized spacial score (nSPS) is 11.6. The van der Waals surface area contributed by atoms with E-state index in [1.165, 1.54) is 48.5 Å². The van der Waals surface area contributed by atoms with E-state index < -0.39 is 28.0 Å². The van der Waals surface area contributed by atoms with Crippen molar-refractivity contribution in [3.05, 3.63) is 83.4 Å². The highest BCUT2D eigenvalue weighted by molar-refractivity contribution is 7.92. The van der Waals surface area contributed by atoms with Crippen molar-refractivity contribution < 1.29 is 31.1 Å². The van der Waals surface area contributed by atoms with Gasteiger partial charge >= 0.3 is 6.36 Å². The molecule has 2 N–H and O–H groups in total. The Bertz CT molecular complexity index is 1180. The molecule has 0 fully saturated rings. The summed E-state index contributed by atoms with van der Waals surface area (Å²) in [6, 6.07) is 16.0. The lowest BCUT2D eigenvalue weighted by molar-refractivity contribution is -0.274. The highest BCUT2D eigenvalue weighted by Gasteiger charge is 2.31. The summed E-state index contributed by atoms with van der Waals surface area (Å²) in [6.45, 7) is 0. The highest BCUT2D eigenvalue weighted by atomic mass is 35.5. The van der Waals surface area contributed by atoms with Crippen LogP contribution in [0.25, 0.3) is 0 Å². The molecule has 0 aliphatic rings. The average Bonchev–Trinajstić information content (AvgIpc) is 2.70. The number of amides is 1. The Kier molecular flexibility index (Phi) is 6.42. The first kappa shape index (κ1) is 22.4. The van der Waals surface area contributed by atoms with Crippen molar-refractivity contribution in [3.8, 4) is 5.75 Å². The molecule has 0 saturated carbocycles. The molecule has 11 heteroatoms. The average molecular weight is 471 g/mol. The SMILES string of the molecule is O=C(Nc1ccc(OC(F)(F)F)cc1)c1ccc(S(=O)(=O)Nc2ccccc2Cl)cc1. The number of carbonyl (C=O) groups excluding carboxylic acids is 1. The lowest BCUT2D eigenvalue weighted by Gasteiger charge is -2.11. The molecule has 3 aromatic rings. The van der Waals surface area contributed by atoms with Crippen molar-refractivity contribution in [1.29, 1.82) is 0 Å². The van der Waals surface area contributed by atoms with Crippen molar-refractivity contribution >= 4 is 38.9 Å². The first-order valence-electron chi connectivity index (χ1n) is 8.58. The van der Waals surface area contributed by atoms with Gasteiger partial charge in [-0.1, -0.05) is 23.7 Å². The van der Waals surface area contributed by atoms with Crippen molar-refractivity contribution in [2.24, 2.45) is 0 Å². The van der Waals surface area contributed by atoms with E-state index in [4.69, 9.17) is 11.6 Å². The Morgan fingerprint density at radius 1 is 0.903 bits per heavy atom. The van der Waals surface area contributed by atoms with Gasteiger partial charge in [-0.15, -0.1) is 13.2 Å². The van der Waals surface area contributed by atoms with Crippen molar-refractivity contribution in [3.63, 3.8) is 0 Å². The molecule has 0 heterocycles. The van der Waals surface area contributed by atoms with Crippen LogP contribution in [0, 0.1) is 0 Å². The standard InChI is InChI=1S/C20H14ClF3N2O4S/c21-17-3-1-2-4-18(17)26-31(28,29)16-11-5-13(6-12-16)19(27)25-14-7-9-15(10-8-14)30-20(22,23)24/h1-12,26H,(H,25,27). The lowest BCUT2D eigenvalue weighted by atomic mass is 10.2. The summed E-state index contributed by atoms with van der Waals surface area (Å²) in [5.41, 5.74) is 0.591. The first-order chi connectivity index (χ1) is 14.5. The molecule has 0 saturated heterocycles. The highest BCUT2D eigenvalue weighted by Crippen LogP contribution is 2.25. The summed E-state index contributed by atoms with van der Waals surface area (Å²) >= 11 is 5.96. The van der Waals surface area contributed by atoms with Gasteiger partial charge in [-0.25, -0.2) is 8.42 Å². The second-order valence-electron chi connectivity index (χ2n) is 6.14. The van der Waals surface area contributed by atoms with Crippen LogP contribution in [0.2, 0.25) is 5.02 Å². The minimum absolute atomic E-state index is 0.0855. The molecule has 31 heavy (non-hydrogen) atoms. The number of hydrogen-bond acceptors (Lipinski definition) is 4. The van der Waals surface area contributed by atoms with E-state index in [2.05, 4.69) is 14.8 Å². The third kappa shape index (κ3) is 6.12. The number of nitrogens with one attached hydrogen (secondary N) is 2. The summed E-state index contributed by atoms with van der Waals surface area (Å²) in [5, 5.41) is 2.73. The number of benzene rings is 3. The maximum atomic E-state index is 12.5. The van der Waals surface area contributed by atoms with Crippen LogP contribution in [0.1, 0.15) is 10.4 Å². The van der Waals surface area contributed by atoms with E-state index in [-0.39, 0.29) is 26.9 Å². The zero-order chi connectivity index (χ0) is 22.6. The van der Waals surface area contributed by atoms with Gasteiger partial charge < -0.3 is 10.1 Å². The maximum absolute atomic E-state index is 12.5. The molecule has 0 unspecified atom stereocenters. The molecular formula is C20H14ClF3N2O4S. The number of alkyl halides is 3. The van der Waals surface area contributed by atoms with Crippen LogP contribution in [0.15, 0.2) is 77.7 Å². The predicted molar refractivity (Wildman–Crippen MR) is 110 cm³/mol. The van der Waals surface area contributed by atoms with Crippen molar-refractivity contribution in [2.45, 2.75) is 11.3 Å². The molecule has 3 aromatic carbocycles. The van der Waals surface area contributed by atoms with Crippen LogP contribution in [-0.4, -0.2) is 20.7 Å². The second kappa shape index (κ2) is 8.86. The van der Waals surface area contributed by atoms with Gasteiger partial charge in [0.25, 0.3) is 15.9 Å². The number of para-hydroxylation sites is 1. The van der Waals surface area contributed by atoms with Crippen LogP contribution in [0.4, 0.5) is 24.5 Å². The number of halogens is 4. The molecule has 1 amide bonds. The van der Waals surface area contributed by atoms with E-state index in [1.54, 1.807) is 12.1 Å². The Balaban J connectivity index is 1.68. The van der Waals surface area contributed by atoms with E-state index in [9.17, 15) is 26.4 Å². The maximum Gasteiger partial charge on any atom is 0.573 e. The van der Waals surface area contributed by atoms with E-state index in [1.807, 2.05) is 0 Å². The van der Waals surface area contributed by atoms with Gasteiger partial charge in [-0.05, 0) is 60.7 Å². The van der Waals surface area contributed by atoms with Crippen LogP contribution >= 0.6 is 11.6 Å². The van der Waals surface area contributed by atoms with E-state index in [0.717, 1.165) is 12.1 Å². The number of sulfonamides is 1. The molecule has 0 aliphatic heterocycles. The molecule has 3 rings (SSSR count). The number of rotatable bonds is 6. The summed E-state index contributed by atoms with van der Waals surface area (Å²) in [5.74, 6) is -1.00. The molecule has 162 valence electrons. The zero-order valence-corrected chi connectivity index (χ0v) is 17.1. The van der Waals surface area contributed by atoms with Gasteiger partial charge in [0.1, 0.15) is 5.75 Å². The largest absolute Gasteiger partial charge is 0.573 e. The van der Waals surface area contributed by atoms with Crippen LogP contribution in [-0.2, 0) is 10.0 Å². The number of carbonyl (C=O) groups is 1. The zero-order valence-electron chi connectivity index (χ0n) is 15.5. The van der Waals surface area contributed by atoms with Gasteiger partial charge in [-0.3, -0.25) is 9.52 Å². The molecule has 0 aromatic heterocycles. The fraction of sp³-hybridized carbons (Fsp3) is 0.0500. The molecular weight excluding hydrogens is 457 g/mol. The molecule has 0 radical (unpaired) electrons. The third-order valence-corrected chi connectivity index (χ3v) is 5.60. The van der Waals surface area contributed by atoms with Crippen LogP contribution in [0.3, 0.4) is 0 Å². The molecule has 6 nitrogen and oxygen atoms in total. The third-order valence-electron chi connectivity index (χ3n) is 3.89.